The Hall–Kier alpha value is 0.290. The standard InChI is InChI=1S/C6H8Cl2N2OS2/c1-3(2)5-9-10-6(4(7)8)13(5)12-11/h3-4H,1-2H3. The molecule has 0 spiro atoms. The first-order valence-corrected chi connectivity index (χ1v) is 6.91. The van der Waals surface area contributed by atoms with E-state index in [4.69, 9.17) is 23.2 Å². The third kappa shape index (κ3) is 2.40. The fourth-order valence-electron chi connectivity index (χ4n) is 0.804. The monoisotopic (exact) mass is 258 g/mol. The van der Waals surface area contributed by atoms with Crippen molar-refractivity contribution in [2.45, 2.75) is 18.7 Å². The molecule has 1 heterocycles. The molecule has 0 bridgehead atoms. The summed E-state index contributed by atoms with van der Waals surface area (Å²) < 4.78 is 10.8. The van der Waals surface area contributed by atoms with Crippen molar-refractivity contribution in [3.05, 3.63) is 0 Å². The van der Waals surface area contributed by atoms with Crippen LogP contribution in [0, 0.1) is 5.92 Å². The zero-order valence-electron chi connectivity index (χ0n) is 7.03. The Morgan fingerprint density at radius 1 is 1.31 bits per heavy atom. The first-order valence-electron chi connectivity index (χ1n) is 3.56. The Kier molecular flexibility index (Phi) is 4.09. The molecule has 74 valence electrons. The minimum absolute atomic E-state index is 0.207. The van der Waals surface area contributed by atoms with Crippen molar-refractivity contribution in [2.75, 3.05) is 0 Å². The van der Waals surface area contributed by atoms with Crippen molar-refractivity contribution in [1.82, 2.24) is 0 Å². The van der Waals surface area contributed by atoms with Gasteiger partial charge in [0.2, 0.25) is 0 Å². The fourth-order valence-corrected chi connectivity index (χ4v) is 4.40. The van der Waals surface area contributed by atoms with Crippen LogP contribution in [-0.2, 0) is 19.7 Å². The van der Waals surface area contributed by atoms with Crippen LogP contribution in [0.25, 0.3) is 0 Å². The van der Waals surface area contributed by atoms with Crippen LogP contribution in [-0.4, -0.2) is 19.1 Å². The first-order chi connectivity index (χ1) is 6.07. The SMILES string of the molecule is CC(C)C1=NN=C(C(Cl)Cl)S1=S=O. The molecule has 0 aromatic rings. The van der Waals surface area contributed by atoms with Gasteiger partial charge in [-0.3, -0.25) is 0 Å². The summed E-state index contributed by atoms with van der Waals surface area (Å²) >= 11 is 11.3. The minimum atomic E-state index is -0.732. The molecule has 1 aliphatic rings. The highest BCUT2D eigenvalue weighted by Gasteiger charge is 2.26. The molecule has 0 N–H and O–H groups in total. The quantitative estimate of drug-likeness (QED) is 0.698. The van der Waals surface area contributed by atoms with Crippen LogP contribution in [0.4, 0.5) is 0 Å². The van der Waals surface area contributed by atoms with Crippen LogP contribution < -0.4 is 0 Å². The van der Waals surface area contributed by atoms with Crippen molar-refractivity contribution < 1.29 is 4.21 Å². The van der Waals surface area contributed by atoms with E-state index in [0.717, 1.165) is 5.04 Å². The summed E-state index contributed by atoms with van der Waals surface area (Å²) in [6.07, 6.45) is 0. The van der Waals surface area contributed by atoms with Gasteiger partial charge in [-0.15, -0.1) is 10.2 Å². The van der Waals surface area contributed by atoms with E-state index in [9.17, 15) is 4.21 Å². The van der Waals surface area contributed by atoms with Gasteiger partial charge in [0.05, 0.1) is 0 Å². The Balaban J connectivity index is 3.00. The summed E-state index contributed by atoms with van der Waals surface area (Å²) in [5, 5.41) is 9.00. The molecular formula is C6H8Cl2N2OS2. The van der Waals surface area contributed by atoms with Crippen molar-refractivity contribution >= 4 is 53.0 Å². The maximum Gasteiger partial charge on any atom is 0.158 e. The van der Waals surface area contributed by atoms with Crippen molar-refractivity contribution in [3.8, 4) is 0 Å². The van der Waals surface area contributed by atoms with Gasteiger partial charge in [-0.2, -0.15) is 0 Å². The third-order valence-corrected chi connectivity index (χ3v) is 5.25. The second-order valence-corrected chi connectivity index (χ2v) is 6.68. The van der Waals surface area contributed by atoms with Crippen molar-refractivity contribution in [2.24, 2.45) is 16.1 Å². The Bertz CT molecular complexity index is 306. The van der Waals surface area contributed by atoms with Gasteiger partial charge < -0.3 is 0 Å². The summed E-state index contributed by atoms with van der Waals surface area (Å²) in [4.78, 5) is -0.732. The van der Waals surface area contributed by atoms with Gasteiger partial charge in [0.1, 0.15) is 20.3 Å². The molecule has 0 saturated carbocycles. The molecule has 0 amide bonds. The molecule has 1 aliphatic heterocycles. The molecule has 0 aliphatic carbocycles. The van der Waals surface area contributed by atoms with E-state index in [-0.39, 0.29) is 5.92 Å². The predicted octanol–water partition coefficient (Wildman–Crippen LogP) is 1.92. The fraction of sp³-hybridized carbons (Fsp3) is 0.667. The van der Waals surface area contributed by atoms with E-state index in [0.29, 0.717) is 15.3 Å². The molecule has 3 nitrogen and oxygen atoms in total. The maximum absolute atomic E-state index is 10.8. The van der Waals surface area contributed by atoms with E-state index >= 15 is 0 Å². The summed E-state index contributed by atoms with van der Waals surface area (Å²) in [5.41, 5.74) is 0. The largest absolute Gasteiger partial charge is 0.205 e. The van der Waals surface area contributed by atoms with E-state index < -0.39 is 14.3 Å². The van der Waals surface area contributed by atoms with Crippen LogP contribution in [0.1, 0.15) is 13.8 Å². The number of hydrogen-bond acceptors (Lipinski definition) is 3. The van der Waals surface area contributed by atoms with Gasteiger partial charge in [0.25, 0.3) is 0 Å². The Morgan fingerprint density at radius 2 is 1.85 bits per heavy atom. The van der Waals surface area contributed by atoms with Crippen LogP contribution in [0.3, 0.4) is 0 Å². The molecule has 7 heteroatoms. The highest BCUT2D eigenvalue weighted by atomic mass is 35.5. The lowest BCUT2D eigenvalue weighted by Crippen LogP contribution is -2.20. The second kappa shape index (κ2) is 4.68. The van der Waals surface area contributed by atoms with Gasteiger partial charge in [-0.25, -0.2) is 4.21 Å². The maximum atomic E-state index is 10.8. The molecule has 0 radical (unpaired) electrons. The lowest BCUT2D eigenvalue weighted by molar-refractivity contribution is 0.701. The Labute approximate surface area is 91.9 Å². The molecule has 0 fully saturated rings. The zero-order valence-corrected chi connectivity index (χ0v) is 10.2. The van der Waals surface area contributed by atoms with Gasteiger partial charge >= 0.3 is 0 Å². The summed E-state index contributed by atoms with van der Waals surface area (Å²) in [6, 6.07) is 0. The highest BCUT2D eigenvalue weighted by molar-refractivity contribution is 8.47. The van der Waals surface area contributed by atoms with E-state index in [1.54, 1.807) is 0 Å². The van der Waals surface area contributed by atoms with E-state index in [1.807, 2.05) is 13.8 Å². The minimum Gasteiger partial charge on any atom is -0.205 e. The molecular weight excluding hydrogens is 251 g/mol. The zero-order chi connectivity index (χ0) is 10.0. The highest BCUT2D eigenvalue weighted by Crippen LogP contribution is 2.18. The molecule has 0 aromatic heterocycles. The molecule has 1 rings (SSSR count). The number of alkyl halides is 2. The lowest BCUT2D eigenvalue weighted by atomic mass is 10.2. The second-order valence-electron chi connectivity index (χ2n) is 2.67. The molecule has 0 saturated heterocycles. The smallest absolute Gasteiger partial charge is 0.158 e. The van der Waals surface area contributed by atoms with Gasteiger partial charge in [-0.05, 0) is 0 Å². The molecule has 1 atom stereocenters. The summed E-state index contributed by atoms with van der Waals surface area (Å²) in [5.74, 6) is 0.207. The van der Waals surface area contributed by atoms with Crippen LogP contribution in [0.2, 0.25) is 0 Å². The predicted molar refractivity (Wildman–Crippen MR) is 60.7 cm³/mol. The Morgan fingerprint density at radius 3 is 2.23 bits per heavy atom. The number of nitrogens with zero attached hydrogens (tertiary/aromatic N) is 2. The van der Waals surface area contributed by atoms with Crippen LogP contribution in [0.15, 0.2) is 10.2 Å². The average Bonchev–Trinajstić information content (AvgIpc) is 2.46. The van der Waals surface area contributed by atoms with Crippen molar-refractivity contribution in [1.29, 1.82) is 0 Å². The van der Waals surface area contributed by atoms with Gasteiger partial charge in [-0.1, -0.05) is 37.0 Å². The number of hydrogen-bond donors (Lipinski definition) is 0. The van der Waals surface area contributed by atoms with Gasteiger partial charge in [0, 0.05) is 15.4 Å². The molecule has 13 heavy (non-hydrogen) atoms. The van der Waals surface area contributed by atoms with Crippen LogP contribution >= 0.6 is 23.2 Å². The topological polar surface area (TPSA) is 41.8 Å². The lowest BCUT2D eigenvalue weighted by Gasteiger charge is -2.05. The first kappa shape index (κ1) is 11.4. The normalized spacial score (nSPS) is 22.2. The van der Waals surface area contributed by atoms with E-state index in [2.05, 4.69) is 10.2 Å². The van der Waals surface area contributed by atoms with Crippen LogP contribution in [0.5, 0.6) is 0 Å². The van der Waals surface area contributed by atoms with E-state index in [1.165, 1.54) is 0 Å². The third-order valence-electron chi connectivity index (χ3n) is 1.38. The van der Waals surface area contributed by atoms with Gasteiger partial charge in [0.15, 0.2) is 4.84 Å². The summed E-state index contributed by atoms with van der Waals surface area (Å²) in [6.45, 7) is 3.93. The number of halogens is 2. The van der Waals surface area contributed by atoms with Crippen molar-refractivity contribution in [3.63, 3.8) is 0 Å². The summed E-state index contributed by atoms with van der Waals surface area (Å²) in [7, 11) is -0.220. The number of rotatable bonds is 2. The molecule has 1 unspecified atom stereocenters. The molecule has 0 aromatic carbocycles. The average molecular weight is 259 g/mol.